The number of phenols is 1. The Balaban J connectivity index is 2.24. The highest BCUT2D eigenvalue weighted by molar-refractivity contribution is 6.33. The fourth-order valence-corrected chi connectivity index (χ4v) is 3.24. The van der Waals surface area contributed by atoms with Gasteiger partial charge in [-0.1, -0.05) is 50.2 Å². The van der Waals surface area contributed by atoms with Crippen LogP contribution in [-0.4, -0.2) is 29.9 Å². The Hall–Kier alpha value is -3.15. The van der Waals surface area contributed by atoms with Crippen molar-refractivity contribution < 1.29 is 24.2 Å². The van der Waals surface area contributed by atoms with E-state index in [0.29, 0.717) is 0 Å². The van der Waals surface area contributed by atoms with E-state index in [-0.39, 0.29) is 28.4 Å². The molecule has 0 aromatic heterocycles. The molecule has 3 rings (SSSR count). The van der Waals surface area contributed by atoms with Crippen molar-refractivity contribution in [2.24, 2.45) is 0 Å². The van der Waals surface area contributed by atoms with Gasteiger partial charge >= 0.3 is 6.09 Å². The van der Waals surface area contributed by atoms with Crippen molar-refractivity contribution in [1.29, 1.82) is 0 Å². The molecule has 0 saturated carbocycles. The van der Waals surface area contributed by atoms with Crippen LogP contribution in [0, 0.1) is 0 Å². The molecule has 134 valence electrons. The molecule has 1 amide bonds. The quantitative estimate of drug-likeness (QED) is 0.827. The van der Waals surface area contributed by atoms with E-state index in [0.717, 1.165) is 12.7 Å². The molecule has 1 aliphatic carbocycles. The number of Topliss-reactive ketones (excluding diaryl/α,β-unsaturated/α-hetero) is 2. The summed E-state index contributed by atoms with van der Waals surface area (Å²) in [4.78, 5) is 38.3. The average molecular weight is 353 g/mol. The Morgan fingerprint density at radius 3 is 2.12 bits per heavy atom. The number of carbonyl (C=O) groups is 3. The summed E-state index contributed by atoms with van der Waals surface area (Å²) in [7, 11) is 1.14. The van der Waals surface area contributed by atoms with E-state index in [1.807, 2.05) is 13.8 Å². The number of aromatic hydroxyl groups is 1. The van der Waals surface area contributed by atoms with Gasteiger partial charge in [0.15, 0.2) is 5.54 Å². The highest BCUT2D eigenvalue weighted by atomic mass is 16.5. The molecule has 0 bridgehead atoms. The van der Waals surface area contributed by atoms with Crippen LogP contribution in [-0.2, 0) is 10.3 Å². The molecule has 0 heterocycles. The molecule has 0 spiro atoms. The maximum absolute atomic E-state index is 13.1. The highest BCUT2D eigenvalue weighted by Gasteiger charge is 2.56. The summed E-state index contributed by atoms with van der Waals surface area (Å²) in [6, 6.07) is 11.1. The minimum Gasteiger partial charge on any atom is -0.508 e. The number of phenolic OH excluding ortho intramolecular Hbond substituents is 1. The summed E-state index contributed by atoms with van der Waals surface area (Å²) >= 11 is 0. The van der Waals surface area contributed by atoms with Gasteiger partial charge < -0.3 is 9.84 Å². The second-order valence-electron chi connectivity index (χ2n) is 6.50. The first-order valence-electron chi connectivity index (χ1n) is 8.21. The van der Waals surface area contributed by atoms with Crippen LogP contribution >= 0.6 is 0 Å². The monoisotopic (exact) mass is 353 g/mol. The van der Waals surface area contributed by atoms with Crippen molar-refractivity contribution in [2.45, 2.75) is 25.3 Å². The van der Waals surface area contributed by atoms with Crippen LogP contribution in [0.5, 0.6) is 5.75 Å². The number of ether oxygens (including phenoxy) is 1. The molecule has 6 nitrogen and oxygen atoms in total. The zero-order valence-corrected chi connectivity index (χ0v) is 14.7. The fraction of sp³-hybridized carbons (Fsp3) is 0.250. The maximum Gasteiger partial charge on any atom is 0.408 e. The van der Waals surface area contributed by atoms with Crippen molar-refractivity contribution >= 4 is 17.7 Å². The number of benzene rings is 2. The normalized spacial score (nSPS) is 15.1. The van der Waals surface area contributed by atoms with Gasteiger partial charge in [-0.15, -0.1) is 0 Å². The molecule has 0 aliphatic heterocycles. The third-order valence-corrected chi connectivity index (χ3v) is 4.66. The lowest BCUT2D eigenvalue weighted by Crippen LogP contribution is -2.54. The van der Waals surface area contributed by atoms with Crippen molar-refractivity contribution in [2.75, 3.05) is 7.11 Å². The first kappa shape index (κ1) is 17.7. The molecule has 0 radical (unpaired) electrons. The number of rotatable bonds is 3. The molecule has 26 heavy (non-hydrogen) atoms. The number of carbonyl (C=O) groups excluding carboxylic acids is 3. The zero-order valence-electron chi connectivity index (χ0n) is 14.7. The maximum atomic E-state index is 13.1. The van der Waals surface area contributed by atoms with E-state index in [1.165, 1.54) is 24.3 Å². The van der Waals surface area contributed by atoms with Crippen molar-refractivity contribution in [1.82, 2.24) is 5.32 Å². The van der Waals surface area contributed by atoms with Crippen molar-refractivity contribution in [3.63, 3.8) is 0 Å². The summed E-state index contributed by atoms with van der Waals surface area (Å²) < 4.78 is 4.62. The number of hydrogen-bond acceptors (Lipinski definition) is 5. The summed E-state index contributed by atoms with van der Waals surface area (Å²) in [5, 5.41) is 12.9. The van der Waals surface area contributed by atoms with E-state index in [4.69, 9.17) is 0 Å². The van der Waals surface area contributed by atoms with E-state index < -0.39 is 23.2 Å². The van der Waals surface area contributed by atoms with Crippen LogP contribution in [0.2, 0.25) is 0 Å². The van der Waals surface area contributed by atoms with Gasteiger partial charge in [-0.2, -0.15) is 0 Å². The number of ketones is 2. The summed E-state index contributed by atoms with van der Waals surface area (Å²) in [6.07, 6.45) is -0.938. The van der Waals surface area contributed by atoms with Crippen LogP contribution in [0.1, 0.15) is 51.6 Å². The summed E-state index contributed by atoms with van der Waals surface area (Å²) in [6.45, 7) is 3.91. The Morgan fingerprint density at radius 1 is 1.08 bits per heavy atom. The van der Waals surface area contributed by atoms with Crippen LogP contribution < -0.4 is 5.32 Å². The van der Waals surface area contributed by atoms with Crippen LogP contribution in [0.3, 0.4) is 0 Å². The molecule has 0 unspecified atom stereocenters. The minimum atomic E-state index is -2.05. The molecule has 0 saturated heterocycles. The molecule has 2 aromatic carbocycles. The molecular weight excluding hydrogens is 334 g/mol. The zero-order chi connectivity index (χ0) is 19.1. The predicted octanol–water partition coefficient (Wildman–Crippen LogP) is 3.15. The molecule has 2 aromatic rings. The van der Waals surface area contributed by atoms with E-state index >= 15 is 0 Å². The molecular formula is C20H19NO5. The summed E-state index contributed by atoms with van der Waals surface area (Å²) in [5.74, 6) is -1.29. The molecule has 2 N–H and O–H groups in total. The lowest BCUT2D eigenvalue weighted by Gasteiger charge is -2.28. The topological polar surface area (TPSA) is 92.7 Å². The molecule has 0 atom stereocenters. The number of nitrogens with one attached hydrogen (secondary N) is 1. The van der Waals surface area contributed by atoms with Crippen molar-refractivity contribution in [3.8, 4) is 5.75 Å². The van der Waals surface area contributed by atoms with Gasteiger partial charge in [0.2, 0.25) is 11.6 Å². The van der Waals surface area contributed by atoms with E-state index in [1.54, 1.807) is 18.2 Å². The highest BCUT2D eigenvalue weighted by Crippen LogP contribution is 2.42. The number of alkyl carbamates (subject to hydrolysis) is 1. The second kappa shape index (κ2) is 6.29. The second-order valence-corrected chi connectivity index (χ2v) is 6.50. The number of hydrogen-bond donors (Lipinski definition) is 2. The van der Waals surface area contributed by atoms with Gasteiger partial charge in [0.25, 0.3) is 0 Å². The standard InChI is InChI=1S/C20H19NO5/c1-11(2)12-8-9-15(16(22)10-12)20(21-19(25)26-3)17(23)13-6-4-5-7-14(13)18(20)24/h4-11,22H,1-3H3,(H,21,25). The van der Waals surface area contributed by atoms with Gasteiger partial charge in [-0.05, 0) is 17.5 Å². The van der Waals surface area contributed by atoms with Gasteiger partial charge in [-0.3, -0.25) is 14.9 Å². The Labute approximate surface area is 150 Å². The SMILES string of the molecule is COC(=O)NC1(c2ccc(C(C)C)cc2O)C(=O)c2ccccc2C1=O. The number of fused-ring (bicyclic) bond motifs is 1. The lowest BCUT2D eigenvalue weighted by molar-refractivity contribution is 0.0733. The lowest BCUT2D eigenvalue weighted by atomic mass is 9.83. The Morgan fingerprint density at radius 2 is 1.65 bits per heavy atom. The Kier molecular flexibility index (Phi) is 4.28. The third kappa shape index (κ3) is 2.45. The van der Waals surface area contributed by atoms with Gasteiger partial charge in [0.05, 0.1) is 7.11 Å². The first-order valence-corrected chi connectivity index (χ1v) is 8.21. The minimum absolute atomic E-state index is 0.0264. The number of methoxy groups -OCH3 is 1. The molecule has 0 fully saturated rings. The largest absolute Gasteiger partial charge is 0.508 e. The first-order chi connectivity index (χ1) is 12.3. The van der Waals surface area contributed by atoms with Crippen LogP contribution in [0.25, 0.3) is 0 Å². The van der Waals surface area contributed by atoms with E-state index in [2.05, 4.69) is 10.1 Å². The smallest absolute Gasteiger partial charge is 0.408 e. The predicted molar refractivity (Wildman–Crippen MR) is 94.5 cm³/mol. The van der Waals surface area contributed by atoms with E-state index in [9.17, 15) is 19.5 Å². The third-order valence-electron chi connectivity index (χ3n) is 4.66. The van der Waals surface area contributed by atoms with Crippen molar-refractivity contribution in [3.05, 3.63) is 64.7 Å². The van der Waals surface area contributed by atoms with Gasteiger partial charge in [0, 0.05) is 16.7 Å². The molecule has 6 heteroatoms. The average Bonchev–Trinajstić information content (AvgIpc) is 2.84. The summed E-state index contributed by atoms with van der Waals surface area (Å²) in [5.41, 5.74) is -0.785. The van der Waals surface area contributed by atoms with Gasteiger partial charge in [-0.25, -0.2) is 4.79 Å². The molecule has 1 aliphatic rings. The Bertz CT molecular complexity index is 881. The van der Waals surface area contributed by atoms with Gasteiger partial charge in [0.1, 0.15) is 5.75 Å². The fourth-order valence-electron chi connectivity index (χ4n) is 3.24. The van der Waals surface area contributed by atoms with Crippen LogP contribution in [0.4, 0.5) is 4.79 Å². The van der Waals surface area contributed by atoms with Crippen LogP contribution in [0.15, 0.2) is 42.5 Å². The number of amides is 1.